The lowest BCUT2D eigenvalue weighted by Gasteiger charge is -2.29. The summed E-state index contributed by atoms with van der Waals surface area (Å²) < 4.78 is 0. The van der Waals surface area contributed by atoms with Crippen LogP contribution in [-0.4, -0.2) is 48.8 Å². The van der Waals surface area contributed by atoms with Gasteiger partial charge in [-0.15, -0.1) is 0 Å². The van der Waals surface area contributed by atoms with Crippen molar-refractivity contribution in [2.24, 2.45) is 5.92 Å². The minimum absolute atomic E-state index is 0.607. The maximum Gasteiger partial charge on any atom is 0.0869 e. The van der Waals surface area contributed by atoms with Gasteiger partial charge in [0.2, 0.25) is 0 Å². The first-order chi connectivity index (χ1) is 8.93. The second-order valence-corrected chi connectivity index (χ2v) is 6.98. The molecule has 0 heterocycles. The summed E-state index contributed by atoms with van der Waals surface area (Å²) >= 11 is 0. The predicted molar refractivity (Wildman–Crippen MR) is 82.5 cm³/mol. The fraction of sp³-hybridized carbons (Fsp3) is 1.00. The first-order valence-corrected chi connectivity index (χ1v) is 8.03. The molecule has 0 spiro atoms. The van der Waals surface area contributed by atoms with Gasteiger partial charge in [0.05, 0.1) is 5.60 Å². The summed E-state index contributed by atoms with van der Waals surface area (Å²) in [6.45, 7) is 5.63. The Morgan fingerprint density at radius 2 is 1.95 bits per heavy atom. The number of rotatable bonds is 7. The summed E-state index contributed by atoms with van der Waals surface area (Å²) in [7, 11) is 4.02. The summed E-state index contributed by atoms with van der Waals surface area (Å²) in [6, 6.07) is 0.607. The molecule has 0 aromatic carbocycles. The molecule has 114 valence electrons. The van der Waals surface area contributed by atoms with Gasteiger partial charge < -0.3 is 15.3 Å². The quantitative estimate of drug-likeness (QED) is 0.698. The Morgan fingerprint density at radius 1 is 1.21 bits per heavy atom. The molecule has 0 aliphatic heterocycles. The third-order valence-electron chi connectivity index (χ3n) is 4.21. The van der Waals surface area contributed by atoms with Crippen LogP contribution in [0.2, 0.25) is 0 Å². The highest BCUT2D eigenvalue weighted by Gasteiger charge is 2.24. The Hall–Kier alpha value is -0.120. The molecule has 1 aliphatic carbocycles. The molecule has 3 nitrogen and oxygen atoms in total. The molecule has 0 aromatic rings. The summed E-state index contributed by atoms with van der Waals surface area (Å²) in [5.74, 6) is 0.944. The molecule has 0 saturated heterocycles. The smallest absolute Gasteiger partial charge is 0.0869 e. The highest BCUT2D eigenvalue weighted by Crippen LogP contribution is 2.26. The third-order valence-corrected chi connectivity index (χ3v) is 4.21. The lowest BCUT2D eigenvalue weighted by Crippen LogP contribution is -2.48. The monoisotopic (exact) mass is 270 g/mol. The van der Waals surface area contributed by atoms with Crippen LogP contribution in [-0.2, 0) is 0 Å². The van der Waals surface area contributed by atoms with Crippen molar-refractivity contribution in [2.45, 2.75) is 70.4 Å². The second kappa shape index (κ2) is 8.23. The van der Waals surface area contributed by atoms with Crippen molar-refractivity contribution in [1.29, 1.82) is 0 Å². The largest absolute Gasteiger partial charge is 0.388 e. The molecule has 1 aliphatic rings. The molecule has 0 bridgehead atoms. The van der Waals surface area contributed by atoms with Crippen LogP contribution >= 0.6 is 0 Å². The first kappa shape index (κ1) is 16.9. The van der Waals surface area contributed by atoms with Gasteiger partial charge in [-0.05, 0) is 46.2 Å². The fourth-order valence-corrected chi connectivity index (χ4v) is 3.38. The van der Waals surface area contributed by atoms with Crippen molar-refractivity contribution >= 4 is 0 Å². The number of hydrogen-bond donors (Lipinski definition) is 2. The van der Waals surface area contributed by atoms with E-state index in [4.69, 9.17) is 0 Å². The van der Waals surface area contributed by atoms with E-state index in [1.54, 1.807) is 0 Å². The van der Waals surface area contributed by atoms with Crippen molar-refractivity contribution in [1.82, 2.24) is 10.2 Å². The van der Waals surface area contributed by atoms with Crippen LogP contribution in [0.15, 0.2) is 0 Å². The van der Waals surface area contributed by atoms with E-state index in [-0.39, 0.29) is 0 Å². The van der Waals surface area contributed by atoms with Gasteiger partial charge in [-0.2, -0.15) is 0 Å². The molecule has 19 heavy (non-hydrogen) atoms. The Bertz CT molecular complexity index is 241. The number of nitrogens with one attached hydrogen (secondary N) is 1. The van der Waals surface area contributed by atoms with Crippen LogP contribution in [0.4, 0.5) is 0 Å². The topological polar surface area (TPSA) is 35.5 Å². The second-order valence-electron chi connectivity index (χ2n) is 6.98. The molecule has 3 unspecified atom stereocenters. The Kier molecular flexibility index (Phi) is 7.33. The summed E-state index contributed by atoms with van der Waals surface area (Å²) in [6.07, 6.45) is 9.38. The maximum absolute atomic E-state index is 10.3. The minimum Gasteiger partial charge on any atom is -0.388 e. The van der Waals surface area contributed by atoms with Crippen molar-refractivity contribution < 1.29 is 5.11 Å². The van der Waals surface area contributed by atoms with Gasteiger partial charge in [0.25, 0.3) is 0 Å². The van der Waals surface area contributed by atoms with Gasteiger partial charge in [-0.25, -0.2) is 0 Å². The van der Waals surface area contributed by atoms with Gasteiger partial charge >= 0.3 is 0 Å². The highest BCUT2D eigenvalue weighted by molar-refractivity contribution is 4.82. The first-order valence-electron chi connectivity index (χ1n) is 8.03. The van der Waals surface area contributed by atoms with E-state index in [1.165, 1.54) is 44.9 Å². The fourth-order valence-electron chi connectivity index (χ4n) is 3.38. The molecule has 3 atom stereocenters. The molecule has 0 amide bonds. The van der Waals surface area contributed by atoms with Crippen LogP contribution in [0.5, 0.6) is 0 Å². The normalized spacial score (nSPS) is 28.1. The number of aliphatic hydroxyl groups is 1. The standard InChI is InChI=1S/C16H34N2O/c1-5-7-14-8-6-9-15(11-10-14)17-12-16(2,19)13-18(3)4/h14-15,17,19H,5-13H2,1-4H3. The molecule has 1 saturated carbocycles. The minimum atomic E-state index is -0.626. The van der Waals surface area contributed by atoms with Gasteiger partial charge in [0.15, 0.2) is 0 Å². The van der Waals surface area contributed by atoms with Crippen molar-refractivity contribution in [2.75, 3.05) is 27.2 Å². The summed E-state index contributed by atoms with van der Waals surface area (Å²) in [5, 5.41) is 13.9. The Labute approximate surface area is 119 Å². The Balaban J connectivity index is 2.29. The van der Waals surface area contributed by atoms with Crippen molar-refractivity contribution in [3.63, 3.8) is 0 Å². The maximum atomic E-state index is 10.3. The summed E-state index contributed by atoms with van der Waals surface area (Å²) in [4.78, 5) is 2.05. The molecule has 2 N–H and O–H groups in total. The molecular formula is C16H34N2O. The molecule has 0 aromatic heterocycles. The molecule has 0 radical (unpaired) electrons. The van der Waals surface area contributed by atoms with E-state index in [2.05, 4.69) is 12.2 Å². The van der Waals surface area contributed by atoms with E-state index < -0.39 is 5.60 Å². The van der Waals surface area contributed by atoms with Crippen LogP contribution in [0.1, 0.15) is 58.8 Å². The molecular weight excluding hydrogens is 236 g/mol. The highest BCUT2D eigenvalue weighted by atomic mass is 16.3. The van der Waals surface area contributed by atoms with E-state index in [9.17, 15) is 5.11 Å². The lowest BCUT2D eigenvalue weighted by molar-refractivity contribution is 0.0308. The van der Waals surface area contributed by atoms with E-state index in [0.29, 0.717) is 19.1 Å². The number of likely N-dealkylation sites (N-methyl/N-ethyl adjacent to an activating group) is 1. The lowest BCUT2D eigenvalue weighted by atomic mass is 9.95. The van der Waals surface area contributed by atoms with Gasteiger partial charge in [-0.1, -0.05) is 32.6 Å². The molecule has 1 fully saturated rings. The van der Waals surface area contributed by atoms with Crippen LogP contribution in [0.25, 0.3) is 0 Å². The number of hydrogen-bond acceptors (Lipinski definition) is 3. The zero-order valence-electron chi connectivity index (χ0n) is 13.4. The third kappa shape index (κ3) is 7.28. The van der Waals surface area contributed by atoms with E-state index in [1.807, 2.05) is 25.9 Å². The zero-order valence-corrected chi connectivity index (χ0v) is 13.4. The van der Waals surface area contributed by atoms with Gasteiger partial charge in [0.1, 0.15) is 0 Å². The van der Waals surface area contributed by atoms with E-state index >= 15 is 0 Å². The van der Waals surface area contributed by atoms with Gasteiger partial charge in [-0.3, -0.25) is 0 Å². The molecule has 1 rings (SSSR count). The SMILES string of the molecule is CCCC1CCCC(NCC(C)(O)CN(C)C)CC1. The van der Waals surface area contributed by atoms with Crippen LogP contribution in [0.3, 0.4) is 0 Å². The number of nitrogens with zero attached hydrogens (tertiary/aromatic N) is 1. The van der Waals surface area contributed by atoms with Gasteiger partial charge in [0, 0.05) is 19.1 Å². The molecule has 3 heteroatoms. The summed E-state index contributed by atoms with van der Waals surface area (Å²) in [5.41, 5.74) is -0.626. The zero-order chi connectivity index (χ0) is 14.3. The van der Waals surface area contributed by atoms with Crippen LogP contribution < -0.4 is 5.32 Å². The Morgan fingerprint density at radius 3 is 2.58 bits per heavy atom. The van der Waals surface area contributed by atoms with Crippen molar-refractivity contribution in [3.8, 4) is 0 Å². The van der Waals surface area contributed by atoms with E-state index in [0.717, 1.165) is 5.92 Å². The van der Waals surface area contributed by atoms with Crippen LogP contribution in [0, 0.1) is 5.92 Å². The predicted octanol–water partition coefficient (Wildman–Crippen LogP) is 2.64. The average Bonchev–Trinajstić information content (AvgIpc) is 2.51. The average molecular weight is 270 g/mol. The van der Waals surface area contributed by atoms with Crippen molar-refractivity contribution in [3.05, 3.63) is 0 Å².